The first kappa shape index (κ1) is 9.47. The van der Waals surface area contributed by atoms with E-state index in [2.05, 4.69) is 42.5 Å². The molecule has 1 nitrogen and oxygen atoms in total. The van der Waals surface area contributed by atoms with Crippen LogP contribution in [0.25, 0.3) is 0 Å². The zero-order chi connectivity index (χ0) is 9.64. The highest BCUT2D eigenvalue weighted by Gasteiger charge is 2.09. The number of aryl methyl sites for hydroxylation is 1. The van der Waals surface area contributed by atoms with E-state index in [0.717, 1.165) is 25.9 Å². The molecule has 2 rings (SSSR count). The van der Waals surface area contributed by atoms with Gasteiger partial charge in [0.05, 0.1) is 12.7 Å². The Kier molecular flexibility index (Phi) is 3.36. The van der Waals surface area contributed by atoms with Crippen LogP contribution in [0.15, 0.2) is 42.5 Å². The normalized spacial score (nSPS) is 21.0. The van der Waals surface area contributed by atoms with E-state index >= 15 is 0 Å². The highest BCUT2D eigenvalue weighted by Crippen LogP contribution is 2.13. The van der Waals surface area contributed by atoms with E-state index in [0.29, 0.717) is 6.10 Å². The third kappa shape index (κ3) is 2.71. The molecule has 0 saturated carbocycles. The van der Waals surface area contributed by atoms with Crippen LogP contribution in [0, 0.1) is 0 Å². The summed E-state index contributed by atoms with van der Waals surface area (Å²) in [5.74, 6) is 0. The maximum absolute atomic E-state index is 5.61. The van der Waals surface area contributed by atoms with Crippen LogP contribution in [-0.2, 0) is 11.2 Å². The summed E-state index contributed by atoms with van der Waals surface area (Å²) in [5, 5.41) is 0. The SMILES string of the molecule is C1=CCC(CCc2ccccc2)OC1. The maximum atomic E-state index is 5.61. The molecular formula is C13H16O. The van der Waals surface area contributed by atoms with Crippen molar-refractivity contribution in [1.29, 1.82) is 0 Å². The van der Waals surface area contributed by atoms with Crippen molar-refractivity contribution < 1.29 is 4.74 Å². The molecule has 1 aromatic rings. The molecule has 1 heteroatoms. The van der Waals surface area contributed by atoms with E-state index in [1.807, 2.05) is 0 Å². The molecule has 1 aromatic carbocycles. The number of hydrogen-bond donors (Lipinski definition) is 0. The van der Waals surface area contributed by atoms with E-state index in [9.17, 15) is 0 Å². The predicted octanol–water partition coefficient (Wildman–Crippen LogP) is 2.96. The van der Waals surface area contributed by atoms with Crippen molar-refractivity contribution in [1.82, 2.24) is 0 Å². The number of rotatable bonds is 3. The molecule has 0 aliphatic carbocycles. The van der Waals surface area contributed by atoms with Crippen LogP contribution in [0.1, 0.15) is 18.4 Å². The lowest BCUT2D eigenvalue weighted by Gasteiger charge is -2.18. The van der Waals surface area contributed by atoms with Crippen LogP contribution in [0.4, 0.5) is 0 Å². The Labute approximate surface area is 85.4 Å². The molecular weight excluding hydrogens is 172 g/mol. The van der Waals surface area contributed by atoms with Crippen molar-refractivity contribution in [3.05, 3.63) is 48.0 Å². The van der Waals surface area contributed by atoms with Gasteiger partial charge in [-0.05, 0) is 24.8 Å². The molecule has 0 fully saturated rings. The molecule has 0 bridgehead atoms. The smallest absolute Gasteiger partial charge is 0.0651 e. The fraction of sp³-hybridized carbons (Fsp3) is 0.385. The fourth-order valence-corrected chi connectivity index (χ4v) is 1.75. The predicted molar refractivity (Wildman–Crippen MR) is 58.3 cm³/mol. The van der Waals surface area contributed by atoms with Crippen LogP contribution in [0.3, 0.4) is 0 Å². The van der Waals surface area contributed by atoms with Crippen LogP contribution < -0.4 is 0 Å². The van der Waals surface area contributed by atoms with Gasteiger partial charge in [-0.3, -0.25) is 0 Å². The van der Waals surface area contributed by atoms with Crippen molar-refractivity contribution >= 4 is 0 Å². The monoisotopic (exact) mass is 188 g/mol. The van der Waals surface area contributed by atoms with Gasteiger partial charge in [0, 0.05) is 0 Å². The summed E-state index contributed by atoms with van der Waals surface area (Å²) < 4.78 is 5.61. The Morgan fingerprint density at radius 1 is 1.14 bits per heavy atom. The zero-order valence-electron chi connectivity index (χ0n) is 8.36. The van der Waals surface area contributed by atoms with Gasteiger partial charge in [-0.25, -0.2) is 0 Å². The van der Waals surface area contributed by atoms with E-state index in [4.69, 9.17) is 4.74 Å². The van der Waals surface area contributed by atoms with Gasteiger partial charge in [0.25, 0.3) is 0 Å². The minimum Gasteiger partial charge on any atom is -0.374 e. The Balaban J connectivity index is 1.80. The fourth-order valence-electron chi connectivity index (χ4n) is 1.75. The van der Waals surface area contributed by atoms with Gasteiger partial charge in [-0.2, -0.15) is 0 Å². The standard InChI is InChI=1S/C13H16O/c1-2-6-12(7-3-1)9-10-13-8-4-5-11-14-13/h1-7,13H,8-11H2. The van der Waals surface area contributed by atoms with E-state index in [-0.39, 0.29) is 0 Å². The first-order valence-electron chi connectivity index (χ1n) is 5.25. The van der Waals surface area contributed by atoms with E-state index in [1.165, 1.54) is 5.56 Å². The molecule has 0 spiro atoms. The average molecular weight is 188 g/mol. The lowest BCUT2D eigenvalue weighted by molar-refractivity contribution is 0.0620. The van der Waals surface area contributed by atoms with Gasteiger partial charge < -0.3 is 4.74 Å². The molecule has 74 valence electrons. The summed E-state index contributed by atoms with van der Waals surface area (Å²) in [6.07, 6.45) is 8.08. The summed E-state index contributed by atoms with van der Waals surface area (Å²) >= 11 is 0. The first-order valence-corrected chi connectivity index (χ1v) is 5.25. The van der Waals surface area contributed by atoms with Crippen LogP contribution >= 0.6 is 0 Å². The van der Waals surface area contributed by atoms with Gasteiger partial charge in [-0.15, -0.1) is 0 Å². The van der Waals surface area contributed by atoms with Gasteiger partial charge in [-0.1, -0.05) is 42.5 Å². The first-order chi connectivity index (χ1) is 6.95. The van der Waals surface area contributed by atoms with Crippen molar-refractivity contribution in [3.8, 4) is 0 Å². The topological polar surface area (TPSA) is 9.23 Å². The molecule has 0 radical (unpaired) electrons. The summed E-state index contributed by atoms with van der Waals surface area (Å²) in [7, 11) is 0. The summed E-state index contributed by atoms with van der Waals surface area (Å²) in [4.78, 5) is 0. The van der Waals surface area contributed by atoms with Gasteiger partial charge in [0.1, 0.15) is 0 Å². The quantitative estimate of drug-likeness (QED) is 0.663. The minimum atomic E-state index is 0.431. The van der Waals surface area contributed by atoms with Crippen molar-refractivity contribution in [3.63, 3.8) is 0 Å². The van der Waals surface area contributed by atoms with Crippen LogP contribution in [0.5, 0.6) is 0 Å². The molecule has 1 atom stereocenters. The van der Waals surface area contributed by atoms with E-state index in [1.54, 1.807) is 0 Å². The van der Waals surface area contributed by atoms with Gasteiger partial charge >= 0.3 is 0 Å². The van der Waals surface area contributed by atoms with Crippen molar-refractivity contribution in [2.75, 3.05) is 6.61 Å². The number of hydrogen-bond acceptors (Lipinski definition) is 1. The Morgan fingerprint density at radius 3 is 2.71 bits per heavy atom. The Bertz CT molecular complexity index is 289. The van der Waals surface area contributed by atoms with E-state index < -0.39 is 0 Å². The molecule has 0 saturated heterocycles. The lowest BCUT2D eigenvalue weighted by Crippen LogP contribution is -2.16. The maximum Gasteiger partial charge on any atom is 0.0651 e. The van der Waals surface area contributed by atoms with Crippen LogP contribution in [-0.4, -0.2) is 12.7 Å². The number of ether oxygens (including phenoxy) is 1. The largest absolute Gasteiger partial charge is 0.374 e. The second kappa shape index (κ2) is 4.97. The average Bonchev–Trinajstić information content (AvgIpc) is 2.29. The lowest BCUT2D eigenvalue weighted by atomic mass is 10.0. The molecule has 0 aromatic heterocycles. The molecule has 0 N–H and O–H groups in total. The highest BCUT2D eigenvalue weighted by molar-refractivity contribution is 5.14. The highest BCUT2D eigenvalue weighted by atomic mass is 16.5. The Hall–Kier alpha value is -1.08. The third-order valence-corrected chi connectivity index (χ3v) is 2.59. The summed E-state index contributed by atoms with van der Waals surface area (Å²) in [6, 6.07) is 10.6. The summed E-state index contributed by atoms with van der Waals surface area (Å²) in [6.45, 7) is 0.791. The second-order valence-corrected chi connectivity index (χ2v) is 3.69. The molecule has 0 amide bonds. The van der Waals surface area contributed by atoms with Crippen molar-refractivity contribution in [2.24, 2.45) is 0 Å². The molecule has 1 unspecified atom stereocenters. The molecule has 1 aliphatic heterocycles. The summed E-state index contributed by atoms with van der Waals surface area (Å²) in [5.41, 5.74) is 1.41. The Morgan fingerprint density at radius 2 is 2.00 bits per heavy atom. The zero-order valence-corrected chi connectivity index (χ0v) is 8.36. The molecule has 1 heterocycles. The second-order valence-electron chi connectivity index (χ2n) is 3.69. The minimum absolute atomic E-state index is 0.431. The van der Waals surface area contributed by atoms with Crippen molar-refractivity contribution in [2.45, 2.75) is 25.4 Å². The van der Waals surface area contributed by atoms with Crippen LogP contribution in [0.2, 0.25) is 0 Å². The molecule has 14 heavy (non-hydrogen) atoms. The van der Waals surface area contributed by atoms with Gasteiger partial charge in [0.15, 0.2) is 0 Å². The molecule has 1 aliphatic rings. The van der Waals surface area contributed by atoms with Gasteiger partial charge in [0.2, 0.25) is 0 Å². The third-order valence-electron chi connectivity index (χ3n) is 2.59. The number of benzene rings is 1.